The van der Waals surface area contributed by atoms with E-state index in [4.69, 9.17) is 4.42 Å². The number of hydrogen-bond donors (Lipinski definition) is 2. The largest absolute Gasteiger partial charge is 0.447 e. The van der Waals surface area contributed by atoms with Crippen LogP contribution in [0.4, 0.5) is 0 Å². The number of nitrogens with one attached hydrogen (secondary N) is 2. The van der Waals surface area contributed by atoms with Crippen molar-refractivity contribution in [2.24, 2.45) is 0 Å². The van der Waals surface area contributed by atoms with E-state index in [0.717, 1.165) is 32.4 Å². The van der Waals surface area contributed by atoms with Gasteiger partial charge < -0.3 is 9.73 Å². The topological polar surface area (TPSA) is 74.6 Å². The second-order valence-electron chi connectivity index (χ2n) is 5.40. The Balaban J connectivity index is 1.98. The maximum atomic E-state index is 12.2. The first-order valence-corrected chi connectivity index (χ1v) is 8.55. The van der Waals surface area contributed by atoms with Gasteiger partial charge in [0, 0.05) is 19.1 Å². The summed E-state index contributed by atoms with van der Waals surface area (Å²) in [5.41, 5.74) is 0. The Morgan fingerprint density at radius 3 is 2.60 bits per heavy atom. The van der Waals surface area contributed by atoms with Gasteiger partial charge in [0.15, 0.2) is 0 Å². The zero-order valence-corrected chi connectivity index (χ0v) is 12.9. The quantitative estimate of drug-likeness (QED) is 0.832. The SMILES string of the molecule is CC(C)NCc1ccc(S(=O)(=O)NN2CCCCC2)o1. The lowest BCUT2D eigenvalue weighted by atomic mass is 10.2. The molecule has 114 valence electrons. The second-order valence-corrected chi connectivity index (χ2v) is 6.99. The molecule has 2 N–H and O–H groups in total. The van der Waals surface area contributed by atoms with Gasteiger partial charge in [-0.15, -0.1) is 4.83 Å². The molecule has 0 radical (unpaired) electrons. The zero-order valence-electron chi connectivity index (χ0n) is 12.1. The molecule has 0 amide bonds. The molecular weight excluding hydrogens is 278 g/mol. The average Bonchev–Trinajstić information content (AvgIpc) is 2.86. The summed E-state index contributed by atoms with van der Waals surface area (Å²) in [5, 5.41) is 4.91. The standard InChI is InChI=1S/C13H23N3O3S/c1-11(2)14-10-12-6-7-13(19-12)20(17,18)15-16-8-4-3-5-9-16/h6-7,11,14-15H,3-5,8-10H2,1-2H3. The summed E-state index contributed by atoms with van der Waals surface area (Å²) >= 11 is 0. The lowest BCUT2D eigenvalue weighted by Crippen LogP contribution is -2.44. The summed E-state index contributed by atoms with van der Waals surface area (Å²) in [6.07, 6.45) is 3.19. The van der Waals surface area contributed by atoms with Crippen LogP contribution in [0, 0.1) is 0 Å². The van der Waals surface area contributed by atoms with Crippen molar-refractivity contribution in [2.75, 3.05) is 13.1 Å². The summed E-state index contributed by atoms with van der Waals surface area (Å²) in [7, 11) is -3.60. The van der Waals surface area contributed by atoms with Gasteiger partial charge in [0.05, 0.1) is 6.54 Å². The molecule has 1 aliphatic heterocycles. The summed E-state index contributed by atoms with van der Waals surface area (Å²) < 4.78 is 29.8. The van der Waals surface area contributed by atoms with Crippen molar-refractivity contribution in [3.05, 3.63) is 17.9 Å². The summed E-state index contributed by atoms with van der Waals surface area (Å²) in [6, 6.07) is 3.52. The lowest BCUT2D eigenvalue weighted by molar-refractivity contribution is 0.198. The van der Waals surface area contributed by atoms with Gasteiger partial charge in [-0.25, -0.2) is 13.4 Å². The molecule has 2 heterocycles. The molecule has 1 fully saturated rings. The Labute approximate surface area is 120 Å². The van der Waals surface area contributed by atoms with E-state index < -0.39 is 10.0 Å². The van der Waals surface area contributed by atoms with E-state index in [0.29, 0.717) is 18.3 Å². The molecule has 0 aliphatic carbocycles. The van der Waals surface area contributed by atoms with Crippen molar-refractivity contribution in [3.8, 4) is 0 Å². The highest BCUT2D eigenvalue weighted by molar-refractivity contribution is 7.89. The molecule has 2 rings (SSSR count). The Hall–Kier alpha value is -0.890. The van der Waals surface area contributed by atoms with Crippen molar-refractivity contribution < 1.29 is 12.8 Å². The van der Waals surface area contributed by atoms with E-state index in [2.05, 4.69) is 10.1 Å². The highest BCUT2D eigenvalue weighted by Gasteiger charge is 2.23. The van der Waals surface area contributed by atoms with Crippen LogP contribution in [0.2, 0.25) is 0 Å². The first-order chi connectivity index (χ1) is 9.47. The van der Waals surface area contributed by atoms with Crippen LogP contribution in [0.15, 0.2) is 21.6 Å². The molecule has 1 aromatic rings. The van der Waals surface area contributed by atoms with Gasteiger partial charge >= 0.3 is 0 Å². The minimum absolute atomic E-state index is 0.0244. The molecule has 20 heavy (non-hydrogen) atoms. The van der Waals surface area contributed by atoms with Gasteiger partial charge in [-0.05, 0) is 25.0 Å². The minimum atomic E-state index is -3.60. The second kappa shape index (κ2) is 6.71. The molecule has 0 bridgehead atoms. The fourth-order valence-electron chi connectivity index (χ4n) is 2.10. The molecule has 6 nitrogen and oxygen atoms in total. The van der Waals surface area contributed by atoms with Crippen molar-refractivity contribution in [3.63, 3.8) is 0 Å². The van der Waals surface area contributed by atoms with E-state index in [1.165, 1.54) is 6.07 Å². The molecule has 1 aromatic heterocycles. The Morgan fingerprint density at radius 2 is 1.95 bits per heavy atom. The van der Waals surface area contributed by atoms with Crippen LogP contribution in [0.25, 0.3) is 0 Å². The maximum Gasteiger partial charge on any atom is 0.286 e. The minimum Gasteiger partial charge on any atom is -0.447 e. The Morgan fingerprint density at radius 1 is 1.25 bits per heavy atom. The molecule has 0 atom stereocenters. The molecule has 0 saturated carbocycles. The summed E-state index contributed by atoms with van der Waals surface area (Å²) in [4.78, 5) is 2.58. The van der Waals surface area contributed by atoms with Crippen LogP contribution in [0.3, 0.4) is 0 Å². The van der Waals surface area contributed by atoms with Crippen molar-refractivity contribution in [1.29, 1.82) is 0 Å². The number of hydrazine groups is 1. The van der Waals surface area contributed by atoms with Gasteiger partial charge in [0.2, 0.25) is 5.09 Å². The first-order valence-electron chi connectivity index (χ1n) is 7.07. The predicted molar refractivity (Wildman–Crippen MR) is 76.4 cm³/mol. The van der Waals surface area contributed by atoms with E-state index in [1.807, 2.05) is 13.8 Å². The summed E-state index contributed by atoms with van der Waals surface area (Å²) in [6.45, 7) is 6.08. The molecule has 1 saturated heterocycles. The molecular formula is C13H23N3O3S. The van der Waals surface area contributed by atoms with Crippen molar-refractivity contribution >= 4 is 10.0 Å². The number of furan rings is 1. The van der Waals surface area contributed by atoms with Gasteiger partial charge in [-0.3, -0.25) is 0 Å². The fraction of sp³-hybridized carbons (Fsp3) is 0.692. The molecule has 0 spiro atoms. The van der Waals surface area contributed by atoms with Crippen LogP contribution in [-0.2, 0) is 16.6 Å². The number of sulfonamides is 1. The van der Waals surface area contributed by atoms with Gasteiger partial charge in [-0.2, -0.15) is 0 Å². The average molecular weight is 301 g/mol. The molecule has 1 aliphatic rings. The normalized spacial score (nSPS) is 17.8. The molecule has 0 aromatic carbocycles. The predicted octanol–water partition coefficient (Wildman–Crippen LogP) is 1.46. The van der Waals surface area contributed by atoms with Crippen molar-refractivity contribution in [1.82, 2.24) is 15.2 Å². The number of nitrogens with zero attached hydrogens (tertiary/aromatic N) is 1. The van der Waals surface area contributed by atoms with Crippen LogP contribution >= 0.6 is 0 Å². The Kier molecular flexibility index (Phi) is 5.20. The maximum absolute atomic E-state index is 12.2. The highest BCUT2D eigenvalue weighted by atomic mass is 32.2. The third-order valence-corrected chi connectivity index (χ3v) is 4.44. The zero-order chi connectivity index (χ0) is 14.6. The molecule has 0 unspecified atom stereocenters. The van der Waals surface area contributed by atoms with E-state index in [9.17, 15) is 8.42 Å². The third-order valence-electron chi connectivity index (χ3n) is 3.19. The first kappa shape index (κ1) is 15.5. The summed E-state index contributed by atoms with van der Waals surface area (Å²) in [5.74, 6) is 0.623. The van der Waals surface area contributed by atoms with E-state index in [-0.39, 0.29) is 5.09 Å². The van der Waals surface area contributed by atoms with Crippen LogP contribution in [0.1, 0.15) is 38.9 Å². The third kappa shape index (κ3) is 4.31. The monoisotopic (exact) mass is 301 g/mol. The van der Waals surface area contributed by atoms with Gasteiger partial charge in [0.1, 0.15) is 5.76 Å². The highest BCUT2D eigenvalue weighted by Crippen LogP contribution is 2.15. The number of piperidine rings is 1. The number of rotatable bonds is 6. The Bertz CT molecular complexity index is 519. The molecule has 7 heteroatoms. The number of hydrogen-bond acceptors (Lipinski definition) is 5. The van der Waals surface area contributed by atoms with Crippen molar-refractivity contribution in [2.45, 2.75) is 50.8 Å². The lowest BCUT2D eigenvalue weighted by Gasteiger charge is -2.25. The van der Waals surface area contributed by atoms with Gasteiger partial charge in [-0.1, -0.05) is 20.3 Å². The van der Waals surface area contributed by atoms with Gasteiger partial charge in [0.25, 0.3) is 10.0 Å². The van der Waals surface area contributed by atoms with E-state index >= 15 is 0 Å². The van der Waals surface area contributed by atoms with Crippen LogP contribution in [-0.4, -0.2) is 32.6 Å². The fourth-order valence-corrected chi connectivity index (χ4v) is 3.18. The van der Waals surface area contributed by atoms with Crippen LogP contribution < -0.4 is 10.1 Å². The van der Waals surface area contributed by atoms with Crippen LogP contribution in [0.5, 0.6) is 0 Å². The smallest absolute Gasteiger partial charge is 0.286 e. The van der Waals surface area contributed by atoms with E-state index in [1.54, 1.807) is 11.1 Å².